The highest BCUT2D eigenvalue weighted by Crippen LogP contribution is 2.42. The summed E-state index contributed by atoms with van der Waals surface area (Å²) in [4.78, 5) is 10.6. The number of rotatable bonds is 4. The van der Waals surface area contributed by atoms with Crippen molar-refractivity contribution in [2.24, 2.45) is 0 Å². The second-order valence-electron chi connectivity index (χ2n) is 4.14. The summed E-state index contributed by atoms with van der Waals surface area (Å²) in [6.45, 7) is 1.43. The van der Waals surface area contributed by atoms with E-state index in [2.05, 4.69) is 4.74 Å². The van der Waals surface area contributed by atoms with E-state index < -0.39 is 51.9 Å². The second-order valence-corrected chi connectivity index (χ2v) is 5.25. The van der Waals surface area contributed by atoms with Crippen molar-refractivity contribution in [3.63, 3.8) is 0 Å². The Kier molecular flexibility index (Phi) is 5.93. The molecule has 1 aromatic rings. The first-order chi connectivity index (χ1) is 10.5. The van der Waals surface area contributed by atoms with Gasteiger partial charge < -0.3 is 4.74 Å². The first kappa shape index (κ1) is 19.2. The van der Waals surface area contributed by atoms with Crippen molar-refractivity contribution in [1.29, 1.82) is 5.26 Å². The fourth-order valence-corrected chi connectivity index (χ4v) is 2.37. The minimum atomic E-state index is -4.99. The van der Waals surface area contributed by atoms with Crippen molar-refractivity contribution in [3.05, 3.63) is 28.8 Å². The number of nitrogens with zero attached hydrogens (tertiary/aromatic N) is 1. The van der Waals surface area contributed by atoms with Gasteiger partial charge in [0.2, 0.25) is 0 Å². The molecule has 0 amide bonds. The van der Waals surface area contributed by atoms with Gasteiger partial charge in [0.05, 0.1) is 30.2 Å². The smallest absolute Gasteiger partial charge is 0.446 e. The maximum Gasteiger partial charge on any atom is 0.446 e. The summed E-state index contributed by atoms with van der Waals surface area (Å²) in [6.07, 6.45) is -5.66. The van der Waals surface area contributed by atoms with Gasteiger partial charge >= 0.3 is 17.7 Å². The number of ether oxygens (including phenoxy) is 1. The molecule has 0 saturated carbocycles. The SMILES string of the molecule is CCOC(=O)Cc1cc(C#N)c(C(F)(F)F)cc1SC(F)(F)F. The molecular formula is C13H9F6NO2S. The lowest BCUT2D eigenvalue weighted by Crippen LogP contribution is -2.13. The Morgan fingerprint density at radius 2 is 1.87 bits per heavy atom. The van der Waals surface area contributed by atoms with Gasteiger partial charge in [0.25, 0.3) is 0 Å². The molecule has 0 N–H and O–H groups in total. The lowest BCUT2D eigenvalue weighted by molar-refractivity contribution is -0.142. The molecule has 0 heterocycles. The van der Waals surface area contributed by atoms with Gasteiger partial charge in [-0.05, 0) is 36.4 Å². The van der Waals surface area contributed by atoms with Gasteiger partial charge in [0.15, 0.2) is 0 Å². The van der Waals surface area contributed by atoms with E-state index in [9.17, 15) is 31.1 Å². The average molecular weight is 357 g/mol. The predicted molar refractivity (Wildman–Crippen MR) is 68.4 cm³/mol. The fourth-order valence-electron chi connectivity index (χ4n) is 1.68. The van der Waals surface area contributed by atoms with Crippen LogP contribution in [0.3, 0.4) is 0 Å². The highest BCUT2D eigenvalue weighted by atomic mass is 32.2. The van der Waals surface area contributed by atoms with E-state index in [-0.39, 0.29) is 18.2 Å². The van der Waals surface area contributed by atoms with Crippen LogP contribution in [0.15, 0.2) is 17.0 Å². The zero-order valence-corrected chi connectivity index (χ0v) is 12.3. The molecule has 1 aromatic carbocycles. The number of hydrogen-bond acceptors (Lipinski definition) is 4. The molecule has 0 bridgehead atoms. The maximum absolute atomic E-state index is 12.8. The van der Waals surface area contributed by atoms with Crippen molar-refractivity contribution in [2.45, 2.75) is 29.9 Å². The summed E-state index contributed by atoms with van der Waals surface area (Å²) in [5.41, 5.74) is -7.54. The first-order valence-corrected chi connectivity index (χ1v) is 6.85. The number of alkyl halides is 6. The van der Waals surface area contributed by atoms with Gasteiger partial charge in [-0.1, -0.05) is 0 Å². The largest absolute Gasteiger partial charge is 0.466 e. The lowest BCUT2D eigenvalue weighted by Gasteiger charge is -2.15. The Morgan fingerprint density at radius 1 is 1.26 bits per heavy atom. The molecule has 0 saturated heterocycles. The van der Waals surface area contributed by atoms with Crippen molar-refractivity contribution < 1.29 is 35.9 Å². The molecule has 10 heteroatoms. The van der Waals surface area contributed by atoms with Gasteiger partial charge in [-0.25, -0.2) is 0 Å². The molecule has 0 unspecified atom stereocenters. The summed E-state index contributed by atoms with van der Waals surface area (Å²) >= 11 is -0.780. The third-order valence-corrected chi connectivity index (χ3v) is 3.32. The number of carbonyl (C=O) groups is 1. The minimum Gasteiger partial charge on any atom is -0.466 e. The molecule has 3 nitrogen and oxygen atoms in total. The van der Waals surface area contributed by atoms with Gasteiger partial charge in [0.1, 0.15) is 0 Å². The molecule has 0 fully saturated rings. The molecule has 1 rings (SSSR count). The topological polar surface area (TPSA) is 50.1 Å². The third kappa shape index (κ3) is 5.67. The monoisotopic (exact) mass is 357 g/mol. The molecule has 0 aliphatic heterocycles. The van der Waals surface area contributed by atoms with E-state index in [4.69, 9.17) is 5.26 Å². The van der Waals surface area contributed by atoms with E-state index in [1.54, 1.807) is 0 Å². The summed E-state index contributed by atoms with van der Waals surface area (Å²) in [5, 5.41) is 8.77. The van der Waals surface area contributed by atoms with Crippen molar-refractivity contribution in [3.8, 4) is 6.07 Å². The molecule has 0 atom stereocenters. The molecule has 23 heavy (non-hydrogen) atoms. The van der Waals surface area contributed by atoms with Crippen LogP contribution in [0.25, 0.3) is 0 Å². The van der Waals surface area contributed by atoms with Crippen LogP contribution in [0.5, 0.6) is 0 Å². The molecule has 0 radical (unpaired) electrons. The molecule has 0 aromatic heterocycles. The van der Waals surface area contributed by atoms with Gasteiger partial charge in [-0.2, -0.15) is 31.6 Å². The standard InChI is InChI=1S/C13H9F6NO2S/c1-2-22-11(21)4-7-3-8(6-20)9(12(14,15)16)5-10(7)23-13(17,18)19/h3,5H,2,4H2,1H3. The zero-order chi connectivity index (χ0) is 17.8. The number of nitriles is 1. The maximum atomic E-state index is 12.8. The molecule has 0 spiro atoms. The number of hydrogen-bond donors (Lipinski definition) is 0. The van der Waals surface area contributed by atoms with E-state index in [1.807, 2.05) is 0 Å². The van der Waals surface area contributed by atoms with Crippen LogP contribution in [0.1, 0.15) is 23.6 Å². The highest BCUT2D eigenvalue weighted by molar-refractivity contribution is 8.00. The van der Waals surface area contributed by atoms with Crippen LogP contribution in [0, 0.1) is 11.3 Å². The Hall–Kier alpha value is -1.89. The fraction of sp³-hybridized carbons (Fsp3) is 0.385. The third-order valence-electron chi connectivity index (χ3n) is 2.49. The summed E-state index contributed by atoms with van der Waals surface area (Å²) in [7, 11) is 0. The number of esters is 1. The number of benzene rings is 1. The van der Waals surface area contributed by atoms with E-state index in [1.165, 1.54) is 13.0 Å². The second kappa shape index (κ2) is 7.12. The molecule has 126 valence electrons. The zero-order valence-electron chi connectivity index (χ0n) is 11.5. The molecule has 0 aliphatic rings. The average Bonchev–Trinajstić information content (AvgIpc) is 2.37. The molecule has 0 aliphatic carbocycles. The quantitative estimate of drug-likeness (QED) is 0.458. The van der Waals surface area contributed by atoms with Crippen molar-refractivity contribution in [2.75, 3.05) is 6.61 Å². The van der Waals surface area contributed by atoms with E-state index >= 15 is 0 Å². The summed E-state index contributed by atoms with van der Waals surface area (Å²) < 4.78 is 80.6. The predicted octanol–water partition coefficient (Wildman–Crippen LogP) is 4.29. The van der Waals surface area contributed by atoms with Crippen molar-refractivity contribution in [1.82, 2.24) is 0 Å². The van der Waals surface area contributed by atoms with Crippen molar-refractivity contribution >= 4 is 17.7 Å². The minimum absolute atomic E-state index is 0.0354. The van der Waals surface area contributed by atoms with Gasteiger partial charge in [0, 0.05) is 4.90 Å². The van der Waals surface area contributed by atoms with Crippen LogP contribution in [-0.2, 0) is 22.1 Å². The number of halogens is 6. The lowest BCUT2D eigenvalue weighted by atomic mass is 10.0. The van der Waals surface area contributed by atoms with Gasteiger partial charge in [-0.3, -0.25) is 4.79 Å². The number of thioether (sulfide) groups is 1. The van der Waals surface area contributed by atoms with E-state index in [0.29, 0.717) is 6.07 Å². The Labute approximate surface area is 131 Å². The van der Waals surface area contributed by atoms with Crippen LogP contribution in [0.4, 0.5) is 26.3 Å². The summed E-state index contributed by atoms with van der Waals surface area (Å²) in [6, 6.07) is 2.14. The van der Waals surface area contributed by atoms with E-state index in [0.717, 1.165) is 0 Å². The Balaban J connectivity index is 3.41. The number of carbonyl (C=O) groups excluding carboxylic acids is 1. The van der Waals surface area contributed by atoms with Crippen LogP contribution in [0.2, 0.25) is 0 Å². The Bertz CT molecular complexity index is 633. The molecular weight excluding hydrogens is 348 g/mol. The van der Waals surface area contributed by atoms with Crippen LogP contribution >= 0.6 is 11.8 Å². The highest BCUT2D eigenvalue weighted by Gasteiger charge is 2.37. The first-order valence-electron chi connectivity index (χ1n) is 6.03. The summed E-state index contributed by atoms with van der Waals surface area (Å²) in [5.74, 6) is -0.903. The normalized spacial score (nSPS) is 11.9. The van der Waals surface area contributed by atoms with Crippen LogP contribution < -0.4 is 0 Å². The Morgan fingerprint density at radius 3 is 2.30 bits per heavy atom. The van der Waals surface area contributed by atoms with Gasteiger partial charge in [-0.15, -0.1) is 0 Å². The van der Waals surface area contributed by atoms with Crippen LogP contribution in [-0.4, -0.2) is 18.1 Å².